The average Bonchev–Trinajstić information content (AvgIpc) is 3.10. The van der Waals surface area contributed by atoms with Crippen molar-refractivity contribution in [3.8, 4) is 0 Å². The first kappa shape index (κ1) is 21.3. The number of benzene rings is 2. The van der Waals surface area contributed by atoms with Crippen LogP contribution in [-0.2, 0) is 6.18 Å². The summed E-state index contributed by atoms with van der Waals surface area (Å²) in [6.07, 6.45) is -1.50. The highest BCUT2D eigenvalue weighted by Gasteiger charge is 2.31. The number of amides is 1. The number of anilines is 1. The molecular formula is C22H21F4N3O2. The molecule has 2 aromatic carbocycles. The van der Waals surface area contributed by atoms with Gasteiger partial charge in [-0.25, -0.2) is 9.37 Å². The molecule has 0 radical (unpaired) electrons. The van der Waals surface area contributed by atoms with Crippen LogP contribution in [0, 0.1) is 11.7 Å². The number of rotatable bonds is 4. The Balaban J connectivity index is 1.68. The van der Waals surface area contributed by atoms with E-state index in [4.69, 9.17) is 0 Å². The van der Waals surface area contributed by atoms with E-state index in [1.807, 2.05) is 4.57 Å². The van der Waals surface area contributed by atoms with Crippen molar-refractivity contribution in [2.24, 2.45) is 5.92 Å². The van der Waals surface area contributed by atoms with Gasteiger partial charge in [0.15, 0.2) is 0 Å². The molecule has 9 heteroatoms. The molecule has 0 atom stereocenters. The second-order valence-corrected chi connectivity index (χ2v) is 7.83. The Morgan fingerprint density at radius 1 is 1.13 bits per heavy atom. The van der Waals surface area contributed by atoms with E-state index in [-0.39, 0.29) is 30.1 Å². The van der Waals surface area contributed by atoms with E-state index in [0.717, 1.165) is 37.8 Å². The molecule has 3 aromatic rings. The van der Waals surface area contributed by atoms with Crippen LogP contribution in [0.1, 0.15) is 47.6 Å². The van der Waals surface area contributed by atoms with Gasteiger partial charge in [0.05, 0.1) is 16.6 Å². The smallest absolute Gasteiger partial charge is 0.396 e. The van der Waals surface area contributed by atoms with Crippen molar-refractivity contribution < 1.29 is 27.5 Å². The molecule has 1 amide bonds. The zero-order valence-corrected chi connectivity index (χ0v) is 16.5. The van der Waals surface area contributed by atoms with Gasteiger partial charge in [0.2, 0.25) is 5.95 Å². The van der Waals surface area contributed by atoms with Gasteiger partial charge in [-0.3, -0.25) is 10.1 Å². The van der Waals surface area contributed by atoms with Gasteiger partial charge in [0, 0.05) is 24.3 Å². The van der Waals surface area contributed by atoms with Gasteiger partial charge in [-0.1, -0.05) is 6.07 Å². The molecule has 1 heterocycles. The minimum Gasteiger partial charge on any atom is -0.396 e. The average molecular weight is 435 g/mol. The molecule has 0 unspecified atom stereocenters. The van der Waals surface area contributed by atoms with E-state index in [9.17, 15) is 27.5 Å². The zero-order valence-electron chi connectivity index (χ0n) is 16.5. The summed E-state index contributed by atoms with van der Waals surface area (Å²) in [7, 11) is 0. The van der Waals surface area contributed by atoms with Crippen LogP contribution >= 0.6 is 0 Å². The van der Waals surface area contributed by atoms with Crippen LogP contribution in [0.4, 0.5) is 23.5 Å². The fourth-order valence-electron chi connectivity index (χ4n) is 4.13. The lowest BCUT2D eigenvalue weighted by atomic mass is 9.86. The summed E-state index contributed by atoms with van der Waals surface area (Å²) in [5.41, 5.74) is -0.0848. The summed E-state index contributed by atoms with van der Waals surface area (Å²) in [5, 5.41) is 12.0. The molecule has 1 fully saturated rings. The fourth-order valence-corrected chi connectivity index (χ4v) is 4.13. The van der Waals surface area contributed by atoms with Crippen molar-refractivity contribution >= 4 is 22.9 Å². The largest absolute Gasteiger partial charge is 0.416 e. The summed E-state index contributed by atoms with van der Waals surface area (Å²) < 4.78 is 54.5. The van der Waals surface area contributed by atoms with Crippen LogP contribution in [-0.4, -0.2) is 27.2 Å². The second kappa shape index (κ2) is 8.30. The maximum Gasteiger partial charge on any atom is 0.416 e. The maximum absolute atomic E-state index is 13.7. The van der Waals surface area contributed by atoms with E-state index in [2.05, 4.69) is 10.3 Å². The highest BCUT2D eigenvalue weighted by atomic mass is 19.4. The number of nitrogens with one attached hydrogen (secondary N) is 1. The third-order valence-corrected chi connectivity index (χ3v) is 5.77. The first-order valence-corrected chi connectivity index (χ1v) is 10.0. The molecule has 0 saturated heterocycles. The van der Waals surface area contributed by atoms with Crippen molar-refractivity contribution in [1.29, 1.82) is 0 Å². The molecule has 1 aromatic heterocycles. The highest BCUT2D eigenvalue weighted by molar-refractivity contribution is 6.04. The number of aliphatic hydroxyl groups is 1. The van der Waals surface area contributed by atoms with Crippen molar-refractivity contribution in [3.05, 3.63) is 59.4 Å². The number of alkyl halides is 3. The van der Waals surface area contributed by atoms with Gasteiger partial charge in [-0.05, 0) is 61.9 Å². The minimum atomic E-state index is -4.56. The Bertz CT molecular complexity index is 1100. The number of nitrogens with zero attached hydrogens (tertiary/aromatic N) is 2. The fraction of sp³-hybridized carbons (Fsp3) is 0.364. The first-order chi connectivity index (χ1) is 14.8. The number of halogens is 4. The maximum atomic E-state index is 13.7. The third-order valence-electron chi connectivity index (χ3n) is 5.77. The first-order valence-electron chi connectivity index (χ1n) is 10.0. The van der Waals surface area contributed by atoms with Crippen LogP contribution in [0.5, 0.6) is 0 Å². The topological polar surface area (TPSA) is 67.2 Å². The highest BCUT2D eigenvalue weighted by Crippen LogP contribution is 2.37. The van der Waals surface area contributed by atoms with Crippen molar-refractivity contribution in [1.82, 2.24) is 9.55 Å². The lowest BCUT2D eigenvalue weighted by Gasteiger charge is -2.29. The number of hydrogen-bond donors (Lipinski definition) is 2. The molecule has 0 spiro atoms. The van der Waals surface area contributed by atoms with Crippen LogP contribution < -0.4 is 5.32 Å². The number of aliphatic hydroxyl groups excluding tert-OH is 1. The standard InChI is InChI=1S/C22H21F4N3O2/c23-16-6-9-19-18(11-16)27-21(29(19)17-7-4-13(12-30)5-8-17)28-20(31)14-2-1-3-15(10-14)22(24,25)26/h1-3,6,9-11,13,17,30H,4-5,7-8,12H2,(H,27,28,31). The van der Waals surface area contributed by atoms with E-state index in [0.29, 0.717) is 11.0 Å². The predicted octanol–water partition coefficient (Wildman–Crippen LogP) is 5.17. The van der Waals surface area contributed by atoms with Crippen molar-refractivity contribution in [2.75, 3.05) is 11.9 Å². The van der Waals surface area contributed by atoms with Crippen LogP contribution in [0.25, 0.3) is 11.0 Å². The molecule has 1 aliphatic rings. The summed E-state index contributed by atoms with van der Waals surface area (Å²) in [6.45, 7) is 0.113. The summed E-state index contributed by atoms with van der Waals surface area (Å²) in [5.74, 6) is -0.828. The van der Waals surface area contributed by atoms with E-state index < -0.39 is 23.5 Å². The number of fused-ring (bicyclic) bond motifs is 1. The summed E-state index contributed by atoms with van der Waals surface area (Å²) in [4.78, 5) is 17.1. The van der Waals surface area contributed by atoms with E-state index in [1.165, 1.54) is 24.3 Å². The molecular weight excluding hydrogens is 414 g/mol. The van der Waals surface area contributed by atoms with Gasteiger partial charge in [-0.15, -0.1) is 0 Å². The Morgan fingerprint density at radius 3 is 2.55 bits per heavy atom. The van der Waals surface area contributed by atoms with Crippen molar-refractivity contribution in [3.63, 3.8) is 0 Å². The normalized spacial score (nSPS) is 19.5. The molecule has 0 bridgehead atoms. The Kier molecular flexibility index (Phi) is 5.70. The zero-order chi connectivity index (χ0) is 22.2. The number of imidazole rings is 1. The molecule has 31 heavy (non-hydrogen) atoms. The molecule has 2 N–H and O–H groups in total. The lowest BCUT2D eigenvalue weighted by Crippen LogP contribution is -2.23. The summed E-state index contributed by atoms with van der Waals surface area (Å²) in [6, 6.07) is 8.26. The number of carbonyl (C=O) groups is 1. The van der Waals surface area contributed by atoms with Gasteiger partial charge >= 0.3 is 6.18 Å². The molecule has 4 rings (SSSR count). The molecule has 164 valence electrons. The third kappa shape index (κ3) is 4.41. The van der Waals surface area contributed by atoms with Crippen molar-refractivity contribution in [2.45, 2.75) is 37.9 Å². The quantitative estimate of drug-likeness (QED) is 0.556. The SMILES string of the molecule is O=C(Nc1nc2cc(F)ccc2n1C1CCC(CO)CC1)c1cccc(C(F)(F)F)c1. The Morgan fingerprint density at radius 2 is 1.87 bits per heavy atom. The van der Waals surface area contributed by atoms with Crippen LogP contribution in [0.2, 0.25) is 0 Å². The lowest BCUT2D eigenvalue weighted by molar-refractivity contribution is -0.137. The molecule has 0 aliphatic heterocycles. The van der Waals surface area contributed by atoms with Gasteiger partial charge in [0.25, 0.3) is 5.91 Å². The Labute approximate surface area is 175 Å². The molecule has 1 aliphatic carbocycles. The molecule has 1 saturated carbocycles. The monoisotopic (exact) mass is 435 g/mol. The Hall–Kier alpha value is -2.94. The van der Waals surface area contributed by atoms with Crippen LogP contribution in [0.3, 0.4) is 0 Å². The van der Waals surface area contributed by atoms with Gasteiger partial charge < -0.3 is 9.67 Å². The summed E-state index contributed by atoms with van der Waals surface area (Å²) >= 11 is 0. The van der Waals surface area contributed by atoms with E-state index in [1.54, 1.807) is 6.07 Å². The van der Waals surface area contributed by atoms with E-state index >= 15 is 0 Å². The predicted molar refractivity (Wildman–Crippen MR) is 107 cm³/mol. The number of aromatic nitrogens is 2. The minimum absolute atomic E-state index is 0.0323. The second-order valence-electron chi connectivity index (χ2n) is 7.83. The molecule has 5 nitrogen and oxygen atoms in total. The number of hydrogen-bond acceptors (Lipinski definition) is 3. The van der Waals surface area contributed by atoms with Crippen LogP contribution in [0.15, 0.2) is 42.5 Å². The number of carbonyl (C=O) groups excluding carboxylic acids is 1. The van der Waals surface area contributed by atoms with Gasteiger partial charge in [0.1, 0.15) is 5.82 Å². The van der Waals surface area contributed by atoms with Gasteiger partial charge in [-0.2, -0.15) is 13.2 Å².